The normalized spacial score (nSPS) is 7.25. The molecule has 0 aromatic rings. The third kappa shape index (κ3) is 55.6. The Hall–Kier alpha value is 3.53. The van der Waals surface area contributed by atoms with Crippen LogP contribution >= 0.6 is 0 Å². The van der Waals surface area contributed by atoms with Crippen LogP contribution in [0, 0.1) is 0 Å². The maximum absolute atomic E-state index is 8.52. The molecule has 0 N–H and O–H groups in total. The zero-order chi connectivity index (χ0) is 4.50. The number of rotatable bonds is 0. The topological polar surface area (TPSA) is 80.3 Å². The first-order chi connectivity index (χ1) is 2.00. The average Bonchev–Trinajstić information content (AvgIpc) is 0.722. The molecule has 0 rings (SSSR count). The molecule has 0 saturated heterocycles. The van der Waals surface area contributed by atoms with Gasteiger partial charge in [0.2, 0.25) is 0 Å². The van der Waals surface area contributed by atoms with Gasteiger partial charge in [0.05, 0.1) is 0 Å². The van der Waals surface area contributed by atoms with E-state index < -0.39 is 10.4 Å². The van der Waals surface area contributed by atoms with Gasteiger partial charge in [-0.2, -0.15) is 0 Å². The van der Waals surface area contributed by atoms with Crippen LogP contribution in [0.25, 0.3) is 0 Å². The van der Waals surface area contributed by atoms with Crippen molar-refractivity contribution in [3.63, 3.8) is 0 Å². The molecule has 0 unspecified atom stereocenters. The van der Waals surface area contributed by atoms with Crippen molar-refractivity contribution in [2.75, 3.05) is 0 Å². The van der Waals surface area contributed by atoms with Crippen LogP contribution < -0.4 is 51.4 Å². The van der Waals surface area contributed by atoms with E-state index in [1.807, 2.05) is 0 Å². The first kappa shape index (κ1) is 22.5. The van der Waals surface area contributed by atoms with Crippen LogP contribution in [-0.4, -0.2) is 78.3 Å². The summed E-state index contributed by atoms with van der Waals surface area (Å²) in [7, 11) is -5.17. The van der Waals surface area contributed by atoms with E-state index in [4.69, 9.17) is 17.5 Å². The Morgan fingerprint density at radius 2 is 1.12 bits per heavy atom. The fraction of sp³-hybridized carbons (Fsp3) is 0. The Morgan fingerprint density at radius 1 is 1.12 bits per heavy atom. The van der Waals surface area contributed by atoms with E-state index in [0.717, 1.165) is 0 Å². The van der Waals surface area contributed by atoms with Gasteiger partial charge >= 0.3 is 112 Å². The molecule has 0 saturated carbocycles. The predicted octanol–water partition coefficient (Wildman–Crippen LogP) is -5.10. The van der Waals surface area contributed by atoms with Gasteiger partial charge in [-0.3, -0.25) is 8.42 Å². The Kier molecular flexibility index (Phi) is 29.7. The molecule has 0 bridgehead atoms. The van der Waals surface area contributed by atoms with Gasteiger partial charge in [0.25, 0.3) is 0 Å². The molecule has 0 atom stereocenters. The number of hydrogen-bond donors (Lipinski definition) is 0. The second kappa shape index (κ2) is 10.5. The van der Waals surface area contributed by atoms with Gasteiger partial charge in [-0.25, -0.2) is 0 Å². The second-order valence-corrected chi connectivity index (χ2v) is 1.22. The summed E-state index contributed by atoms with van der Waals surface area (Å²) < 4.78 is 34.1. The minimum absolute atomic E-state index is 0. The molecule has 0 fully saturated rings. The SMILES string of the molecule is O=S(=O)([O-])[O-].[Ca+2].[K+].[Mg+2]. The number of hydrogen-bond acceptors (Lipinski definition) is 4. The second-order valence-electron chi connectivity index (χ2n) is 0.408. The summed E-state index contributed by atoms with van der Waals surface area (Å²) in [6, 6.07) is 0. The summed E-state index contributed by atoms with van der Waals surface area (Å²) in [5.74, 6) is 0. The third-order valence-corrected chi connectivity index (χ3v) is 0. The van der Waals surface area contributed by atoms with Crippen molar-refractivity contribution in [2.45, 2.75) is 0 Å². The van der Waals surface area contributed by atoms with Gasteiger partial charge in [0.1, 0.15) is 0 Å². The summed E-state index contributed by atoms with van der Waals surface area (Å²) in [6.07, 6.45) is 0. The first-order valence-electron chi connectivity index (χ1n) is 0.667. The van der Waals surface area contributed by atoms with Crippen LogP contribution in [-0.2, 0) is 10.4 Å². The van der Waals surface area contributed by atoms with Crippen LogP contribution in [0.4, 0.5) is 0 Å². The van der Waals surface area contributed by atoms with E-state index in [9.17, 15) is 0 Å². The van der Waals surface area contributed by atoms with Gasteiger partial charge in [-0.1, -0.05) is 0 Å². The smallest absolute Gasteiger partial charge is 0.759 e. The average molecular weight is 200 g/mol. The van der Waals surface area contributed by atoms with Gasteiger partial charge < -0.3 is 9.11 Å². The molecule has 4 nitrogen and oxygen atoms in total. The first-order valence-corrected chi connectivity index (χ1v) is 2.00. The van der Waals surface area contributed by atoms with Gasteiger partial charge in [0.15, 0.2) is 0 Å². The van der Waals surface area contributed by atoms with Crippen LogP contribution in [0.1, 0.15) is 0 Å². The zero-order valence-electron chi connectivity index (χ0n) is 4.46. The van der Waals surface area contributed by atoms with Crippen molar-refractivity contribution in [2.24, 2.45) is 0 Å². The molecular weight excluding hydrogens is 200 g/mol. The van der Waals surface area contributed by atoms with Gasteiger partial charge in [-0.05, 0) is 0 Å². The summed E-state index contributed by atoms with van der Waals surface area (Å²) in [6.45, 7) is 0. The molecule has 32 valence electrons. The molecule has 0 aliphatic heterocycles. The van der Waals surface area contributed by atoms with Crippen molar-refractivity contribution < 1.29 is 68.9 Å². The molecule has 8 heteroatoms. The van der Waals surface area contributed by atoms with Crippen LogP contribution in [0.2, 0.25) is 0 Å². The molecule has 0 aromatic carbocycles. The predicted molar refractivity (Wildman–Crippen MR) is 22.0 cm³/mol. The van der Waals surface area contributed by atoms with Gasteiger partial charge in [-0.15, -0.1) is 0 Å². The van der Waals surface area contributed by atoms with Crippen molar-refractivity contribution in [3.8, 4) is 0 Å². The maximum atomic E-state index is 8.52. The molecule has 0 aliphatic carbocycles. The quantitative estimate of drug-likeness (QED) is 0.222. The Labute approximate surface area is 136 Å². The van der Waals surface area contributed by atoms with Crippen LogP contribution in [0.5, 0.6) is 0 Å². The van der Waals surface area contributed by atoms with E-state index >= 15 is 0 Å². The van der Waals surface area contributed by atoms with E-state index in [1.54, 1.807) is 0 Å². The summed E-state index contributed by atoms with van der Waals surface area (Å²) >= 11 is 0. The van der Waals surface area contributed by atoms with E-state index in [2.05, 4.69) is 0 Å². The van der Waals surface area contributed by atoms with Crippen LogP contribution in [0.15, 0.2) is 0 Å². The molecule has 0 aliphatic rings. The Morgan fingerprint density at radius 3 is 1.12 bits per heavy atom. The zero-order valence-corrected chi connectivity index (χ0v) is 12.0. The largest absolute Gasteiger partial charge is 2.00 e. The fourth-order valence-electron chi connectivity index (χ4n) is 0. The molecule has 0 radical (unpaired) electrons. The molecule has 0 spiro atoms. The Balaban J connectivity index is -0.0000000267. The summed E-state index contributed by atoms with van der Waals surface area (Å²) in [4.78, 5) is 0. The monoisotopic (exact) mass is 199 g/mol. The molecule has 8 heavy (non-hydrogen) atoms. The van der Waals surface area contributed by atoms with Crippen LogP contribution in [0.3, 0.4) is 0 Å². The third-order valence-electron chi connectivity index (χ3n) is 0. The minimum atomic E-state index is -5.17. The minimum Gasteiger partial charge on any atom is -0.759 e. The molecular formula is CaKMgO4S+3. The molecule has 0 heterocycles. The molecule has 0 aromatic heterocycles. The molecule has 0 amide bonds. The summed E-state index contributed by atoms with van der Waals surface area (Å²) in [5.41, 5.74) is 0. The van der Waals surface area contributed by atoms with E-state index in [0.29, 0.717) is 0 Å². The van der Waals surface area contributed by atoms with Crippen molar-refractivity contribution in [1.82, 2.24) is 0 Å². The van der Waals surface area contributed by atoms with Crippen molar-refractivity contribution in [1.29, 1.82) is 0 Å². The fourth-order valence-corrected chi connectivity index (χ4v) is 0. The maximum Gasteiger partial charge on any atom is 2.00 e. The van der Waals surface area contributed by atoms with Crippen molar-refractivity contribution in [3.05, 3.63) is 0 Å². The standard InChI is InChI=1S/Ca.K.Mg.H2O4S/c;;;1-5(2,3)4/h;;;(H2,1,2,3,4)/q+2;+1;+2;/p-2. The van der Waals surface area contributed by atoms with Gasteiger partial charge in [0, 0.05) is 10.4 Å². The Bertz CT molecular complexity index is 99.2. The van der Waals surface area contributed by atoms with E-state index in [-0.39, 0.29) is 112 Å². The summed E-state index contributed by atoms with van der Waals surface area (Å²) in [5, 5.41) is 0. The van der Waals surface area contributed by atoms with E-state index in [1.165, 1.54) is 0 Å². The van der Waals surface area contributed by atoms with Crippen molar-refractivity contribution >= 4 is 71.2 Å².